The van der Waals surface area contributed by atoms with Crippen LogP contribution in [0.3, 0.4) is 0 Å². The first-order chi connectivity index (χ1) is 10.1. The van der Waals surface area contributed by atoms with E-state index in [1.807, 2.05) is 4.90 Å². The number of halogens is 2. The van der Waals surface area contributed by atoms with Crippen molar-refractivity contribution in [2.75, 3.05) is 6.54 Å². The van der Waals surface area contributed by atoms with Gasteiger partial charge in [0.15, 0.2) is 0 Å². The lowest BCUT2D eigenvalue weighted by atomic mass is 10.1. The van der Waals surface area contributed by atoms with E-state index in [1.165, 1.54) is 25.0 Å². The van der Waals surface area contributed by atoms with Gasteiger partial charge in [-0.1, -0.05) is 12.1 Å². The summed E-state index contributed by atoms with van der Waals surface area (Å²) in [6.45, 7) is -0.436. The lowest BCUT2D eigenvalue weighted by molar-refractivity contribution is -0.130. The van der Waals surface area contributed by atoms with E-state index in [1.54, 1.807) is 12.1 Å². The number of alkyl halides is 2. The molecular weight excluding hydrogens is 278 g/mol. The van der Waals surface area contributed by atoms with Gasteiger partial charge in [-0.15, -0.1) is 0 Å². The van der Waals surface area contributed by atoms with Crippen LogP contribution in [0, 0.1) is 5.92 Å². The van der Waals surface area contributed by atoms with Crippen molar-refractivity contribution in [1.82, 2.24) is 10.2 Å². The highest BCUT2D eigenvalue weighted by Crippen LogP contribution is 2.39. The molecule has 1 aliphatic carbocycles. The minimum atomic E-state index is -2.83. The molecule has 0 spiro atoms. The second-order valence-corrected chi connectivity index (χ2v) is 5.61. The molecule has 0 radical (unpaired) electrons. The number of hydrogen-bond donors (Lipinski definition) is 1. The van der Waals surface area contributed by atoms with Gasteiger partial charge in [-0.3, -0.25) is 10.1 Å². The Labute approximate surface area is 122 Å². The van der Waals surface area contributed by atoms with Crippen LogP contribution >= 0.6 is 0 Å². The van der Waals surface area contributed by atoms with E-state index in [4.69, 9.17) is 0 Å². The van der Waals surface area contributed by atoms with Crippen molar-refractivity contribution in [1.29, 1.82) is 0 Å². The Kier molecular flexibility index (Phi) is 3.80. The Balaban J connectivity index is 1.76. The fraction of sp³-hybridized carbons (Fsp3) is 0.533. The van der Waals surface area contributed by atoms with Gasteiger partial charge < -0.3 is 9.64 Å². The molecular formula is C15H18F2N2O2. The molecule has 0 bridgehead atoms. The summed E-state index contributed by atoms with van der Waals surface area (Å²) in [7, 11) is 0. The van der Waals surface area contributed by atoms with Gasteiger partial charge in [0.25, 0.3) is 0 Å². The fourth-order valence-corrected chi connectivity index (χ4v) is 2.90. The third-order valence-electron chi connectivity index (χ3n) is 4.18. The van der Waals surface area contributed by atoms with E-state index in [0.29, 0.717) is 12.5 Å². The molecule has 2 aliphatic rings. The summed E-state index contributed by atoms with van der Waals surface area (Å²) in [6, 6.07) is 6.66. The molecule has 0 aromatic heterocycles. The number of benzene rings is 1. The number of carbonyl (C=O) groups is 1. The molecule has 1 amide bonds. The maximum Gasteiger partial charge on any atom is 0.387 e. The third kappa shape index (κ3) is 3.00. The summed E-state index contributed by atoms with van der Waals surface area (Å²) < 4.78 is 28.6. The number of amides is 1. The van der Waals surface area contributed by atoms with Crippen LogP contribution in [0.1, 0.15) is 31.5 Å². The molecule has 2 unspecified atom stereocenters. The quantitative estimate of drug-likeness (QED) is 0.908. The van der Waals surface area contributed by atoms with Crippen LogP contribution in [-0.2, 0) is 4.79 Å². The van der Waals surface area contributed by atoms with Crippen LogP contribution in [0.2, 0.25) is 0 Å². The number of nitrogens with zero attached hydrogens (tertiary/aromatic N) is 1. The molecule has 3 rings (SSSR count). The Hall–Kier alpha value is -1.69. The average Bonchev–Trinajstić information content (AvgIpc) is 3.22. The van der Waals surface area contributed by atoms with E-state index in [2.05, 4.69) is 17.0 Å². The zero-order valence-corrected chi connectivity index (χ0v) is 11.8. The normalized spacial score (nSPS) is 23.7. The van der Waals surface area contributed by atoms with E-state index in [-0.39, 0.29) is 23.9 Å². The van der Waals surface area contributed by atoms with Crippen LogP contribution in [0.15, 0.2) is 24.3 Å². The molecule has 1 aromatic rings. The minimum absolute atomic E-state index is 0.0901. The Morgan fingerprint density at radius 1 is 1.29 bits per heavy atom. The minimum Gasteiger partial charge on any atom is -0.435 e. The summed E-state index contributed by atoms with van der Waals surface area (Å²) in [5.41, 5.74) is 0.884. The van der Waals surface area contributed by atoms with Crippen molar-refractivity contribution >= 4 is 5.91 Å². The zero-order chi connectivity index (χ0) is 15.0. The number of ether oxygens (including phenoxy) is 1. The number of hydrogen-bond acceptors (Lipinski definition) is 3. The summed E-state index contributed by atoms with van der Waals surface area (Å²) in [6.07, 6.45) is 2.14. The Morgan fingerprint density at radius 2 is 1.95 bits per heavy atom. The van der Waals surface area contributed by atoms with Crippen molar-refractivity contribution in [3.05, 3.63) is 29.8 Å². The monoisotopic (exact) mass is 296 g/mol. The predicted molar refractivity (Wildman–Crippen MR) is 72.8 cm³/mol. The second kappa shape index (κ2) is 5.60. The first kappa shape index (κ1) is 14.3. The molecule has 114 valence electrons. The lowest BCUT2D eigenvalue weighted by Crippen LogP contribution is -2.39. The predicted octanol–water partition coefficient (Wildman–Crippen LogP) is 2.52. The molecule has 2 fully saturated rings. The maximum absolute atomic E-state index is 12.1. The molecule has 1 N–H and O–H groups in total. The van der Waals surface area contributed by atoms with Gasteiger partial charge >= 0.3 is 6.61 Å². The van der Waals surface area contributed by atoms with Crippen molar-refractivity contribution in [2.45, 2.75) is 38.6 Å². The average molecular weight is 296 g/mol. The van der Waals surface area contributed by atoms with Crippen LogP contribution < -0.4 is 10.1 Å². The van der Waals surface area contributed by atoms with Crippen molar-refractivity contribution in [2.24, 2.45) is 5.92 Å². The maximum atomic E-state index is 12.1. The molecule has 1 saturated heterocycles. The molecule has 1 aliphatic heterocycles. The van der Waals surface area contributed by atoms with Gasteiger partial charge in [-0.25, -0.2) is 0 Å². The van der Waals surface area contributed by atoms with E-state index in [9.17, 15) is 13.6 Å². The molecule has 2 atom stereocenters. The molecule has 1 aromatic carbocycles. The Bertz CT molecular complexity index is 517. The van der Waals surface area contributed by atoms with E-state index < -0.39 is 6.61 Å². The number of carbonyl (C=O) groups excluding carboxylic acids is 1. The largest absolute Gasteiger partial charge is 0.435 e. The van der Waals surface area contributed by atoms with Gasteiger partial charge in [0.05, 0.1) is 6.54 Å². The first-order valence-corrected chi connectivity index (χ1v) is 7.15. The number of nitrogens with one attached hydrogen (secondary N) is 1. The van der Waals surface area contributed by atoms with E-state index in [0.717, 1.165) is 5.56 Å². The topological polar surface area (TPSA) is 41.6 Å². The fourth-order valence-electron chi connectivity index (χ4n) is 2.90. The third-order valence-corrected chi connectivity index (χ3v) is 4.18. The van der Waals surface area contributed by atoms with Crippen molar-refractivity contribution in [3.63, 3.8) is 0 Å². The van der Waals surface area contributed by atoms with Crippen LogP contribution in [0.4, 0.5) is 8.78 Å². The summed E-state index contributed by atoms with van der Waals surface area (Å²) >= 11 is 0. The second-order valence-electron chi connectivity index (χ2n) is 5.61. The molecule has 1 saturated carbocycles. The van der Waals surface area contributed by atoms with Crippen LogP contribution in [0.5, 0.6) is 5.75 Å². The van der Waals surface area contributed by atoms with Gasteiger partial charge in [0, 0.05) is 6.04 Å². The smallest absolute Gasteiger partial charge is 0.387 e. The highest BCUT2D eigenvalue weighted by molar-refractivity contribution is 5.81. The Morgan fingerprint density at radius 3 is 2.52 bits per heavy atom. The molecule has 21 heavy (non-hydrogen) atoms. The van der Waals surface area contributed by atoms with Crippen molar-refractivity contribution in [3.8, 4) is 5.75 Å². The highest BCUT2D eigenvalue weighted by Gasteiger charge is 2.41. The van der Waals surface area contributed by atoms with Gasteiger partial charge in [-0.05, 0) is 43.4 Å². The van der Waals surface area contributed by atoms with Crippen LogP contribution in [0.25, 0.3) is 0 Å². The number of rotatable bonds is 5. The van der Waals surface area contributed by atoms with Gasteiger partial charge in [-0.2, -0.15) is 8.78 Å². The first-order valence-electron chi connectivity index (χ1n) is 7.15. The SMILES string of the molecule is CC(C1CC1)N1C(=O)CNC1c1ccc(OC(F)F)cc1. The molecule has 4 nitrogen and oxygen atoms in total. The van der Waals surface area contributed by atoms with Gasteiger partial charge in [0.1, 0.15) is 11.9 Å². The summed E-state index contributed by atoms with van der Waals surface area (Å²) in [5, 5.41) is 3.18. The summed E-state index contributed by atoms with van der Waals surface area (Å²) in [5.74, 6) is 0.796. The molecule has 6 heteroatoms. The zero-order valence-electron chi connectivity index (χ0n) is 11.8. The highest BCUT2D eigenvalue weighted by atomic mass is 19.3. The van der Waals surface area contributed by atoms with Crippen molar-refractivity contribution < 1.29 is 18.3 Å². The molecule has 1 heterocycles. The standard InChI is InChI=1S/C15H18F2N2O2/c1-9(10-2-3-10)19-13(20)8-18-14(19)11-4-6-12(7-5-11)21-15(16)17/h4-7,9-10,14-15,18H,2-3,8H2,1H3. The van der Waals surface area contributed by atoms with Crippen LogP contribution in [-0.4, -0.2) is 30.0 Å². The lowest BCUT2D eigenvalue weighted by Gasteiger charge is -2.31. The van der Waals surface area contributed by atoms with Gasteiger partial charge in [0.2, 0.25) is 5.91 Å². The van der Waals surface area contributed by atoms with E-state index >= 15 is 0 Å². The summed E-state index contributed by atoms with van der Waals surface area (Å²) in [4.78, 5) is 14.0.